The second kappa shape index (κ2) is 8.27. The SMILES string of the molecule is CC(=O)N1CCCC1c1nc2ccccc2n1CCCOc1ccc(C)c(C)c1. The molecule has 0 saturated carbocycles. The van der Waals surface area contributed by atoms with Crippen LogP contribution in [0.3, 0.4) is 0 Å². The van der Waals surface area contributed by atoms with Gasteiger partial charge in [0, 0.05) is 20.0 Å². The molecule has 3 aromatic rings. The molecule has 2 aromatic carbocycles. The molecule has 2 heterocycles. The summed E-state index contributed by atoms with van der Waals surface area (Å²) in [7, 11) is 0. The fourth-order valence-corrected chi connectivity index (χ4v) is 4.21. The molecule has 1 unspecified atom stereocenters. The zero-order chi connectivity index (χ0) is 20.4. The normalized spacial score (nSPS) is 16.5. The number of carbonyl (C=O) groups excluding carboxylic acids is 1. The zero-order valence-electron chi connectivity index (χ0n) is 17.5. The third kappa shape index (κ3) is 4.00. The Morgan fingerprint density at radius 1 is 1.17 bits per heavy atom. The molecule has 1 fully saturated rings. The smallest absolute Gasteiger partial charge is 0.220 e. The number of imidazole rings is 1. The van der Waals surface area contributed by atoms with Gasteiger partial charge in [-0.3, -0.25) is 4.79 Å². The number of aromatic nitrogens is 2. The standard InChI is InChI=1S/C24H29N3O2/c1-17-11-12-20(16-18(17)2)29-15-7-14-27-22-9-5-4-8-21(22)25-24(27)23-10-6-13-26(23)19(3)28/h4-5,8-9,11-12,16,23H,6-7,10,13-15H2,1-3H3. The second-order valence-corrected chi connectivity index (χ2v) is 7.93. The minimum absolute atomic E-state index is 0.0700. The van der Waals surface area contributed by atoms with Gasteiger partial charge in [0.25, 0.3) is 0 Å². The number of para-hydroxylation sites is 2. The number of nitrogens with zero attached hydrogens (tertiary/aromatic N) is 3. The number of benzene rings is 2. The van der Waals surface area contributed by atoms with E-state index < -0.39 is 0 Å². The van der Waals surface area contributed by atoms with Crippen molar-refractivity contribution in [2.45, 2.75) is 52.6 Å². The van der Waals surface area contributed by atoms with E-state index in [2.05, 4.69) is 36.6 Å². The van der Waals surface area contributed by atoms with Crippen molar-refractivity contribution in [1.82, 2.24) is 14.5 Å². The Morgan fingerprint density at radius 2 is 2.00 bits per heavy atom. The summed E-state index contributed by atoms with van der Waals surface area (Å²) in [5.74, 6) is 2.05. The van der Waals surface area contributed by atoms with Crippen molar-refractivity contribution >= 4 is 16.9 Å². The van der Waals surface area contributed by atoms with Crippen LogP contribution in [0.4, 0.5) is 0 Å². The summed E-state index contributed by atoms with van der Waals surface area (Å²) in [6.07, 6.45) is 2.89. The van der Waals surface area contributed by atoms with E-state index in [1.54, 1.807) is 6.92 Å². The topological polar surface area (TPSA) is 47.4 Å². The van der Waals surface area contributed by atoms with E-state index in [4.69, 9.17) is 9.72 Å². The van der Waals surface area contributed by atoms with E-state index in [1.165, 1.54) is 11.1 Å². The minimum Gasteiger partial charge on any atom is -0.494 e. The van der Waals surface area contributed by atoms with Gasteiger partial charge in [-0.25, -0.2) is 4.98 Å². The van der Waals surface area contributed by atoms with Gasteiger partial charge in [0.1, 0.15) is 11.6 Å². The molecule has 5 heteroatoms. The monoisotopic (exact) mass is 391 g/mol. The Labute approximate surface area is 172 Å². The van der Waals surface area contributed by atoms with Crippen LogP contribution in [0.5, 0.6) is 5.75 Å². The summed E-state index contributed by atoms with van der Waals surface area (Å²) < 4.78 is 8.26. The average Bonchev–Trinajstić information content (AvgIpc) is 3.32. The Morgan fingerprint density at radius 3 is 2.79 bits per heavy atom. The first-order chi connectivity index (χ1) is 14.0. The highest BCUT2D eigenvalue weighted by Crippen LogP contribution is 2.33. The number of carbonyl (C=O) groups is 1. The summed E-state index contributed by atoms with van der Waals surface area (Å²) in [4.78, 5) is 19.0. The van der Waals surface area contributed by atoms with Crippen molar-refractivity contribution in [2.24, 2.45) is 0 Å². The van der Waals surface area contributed by atoms with Gasteiger partial charge in [0.05, 0.1) is 23.7 Å². The van der Waals surface area contributed by atoms with Gasteiger partial charge in [-0.15, -0.1) is 0 Å². The van der Waals surface area contributed by atoms with Crippen LogP contribution in [-0.2, 0) is 11.3 Å². The molecular weight excluding hydrogens is 362 g/mol. The fraction of sp³-hybridized carbons (Fsp3) is 0.417. The van der Waals surface area contributed by atoms with E-state index >= 15 is 0 Å². The second-order valence-electron chi connectivity index (χ2n) is 7.93. The molecule has 1 aromatic heterocycles. The number of rotatable bonds is 6. The van der Waals surface area contributed by atoms with Crippen LogP contribution in [0.1, 0.15) is 49.2 Å². The van der Waals surface area contributed by atoms with Crippen LogP contribution in [-0.4, -0.2) is 33.5 Å². The van der Waals surface area contributed by atoms with E-state index in [0.29, 0.717) is 6.61 Å². The van der Waals surface area contributed by atoms with Gasteiger partial charge < -0.3 is 14.2 Å². The lowest BCUT2D eigenvalue weighted by atomic mass is 10.1. The maximum Gasteiger partial charge on any atom is 0.220 e. The van der Waals surface area contributed by atoms with Gasteiger partial charge in [-0.1, -0.05) is 18.2 Å². The van der Waals surface area contributed by atoms with Crippen LogP contribution >= 0.6 is 0 Å². The number of fused-ring (bicyclic) bond motifs is 1. The lowest BCUT2D eigenvalue weighted by Gasteiger charge is -2.24. The third-order valence-corrected chi connectivity index (χ3v) is 5.91. The molecule has 29 heavy (non-hydrogen) atoms. The molecule has 152 valence electrons. The summed E-state index contributed by atoms with van der Waals surface area (Å²) in [6.45, 7) is 8.16. The minimum atomic E-state index is 0.0700. The molecule has 1 atom stereocenters. The number of hydrogen-bond donors (Lipinski definition) is 0. The van der Waals surface area contributed by atoms with E-state index in [-0.39, 0.29) is 11.9 Å². The molecule has 5 nitrogen and oxygen atoms in total. The Kier molecular flexibility index (Phi) is 5.56. The summed E-state index contributed by atoms with van der Waals surface area (Å²) in [5, 5.41) is 0. The van der Waals surface area contributed by atoms with Crippen molar-refractivity contribution in [3.63, 3.8) is 0 Å². The molecule has 0 aliphatic carbocycles. The van der Waals surface area contributed by atoms with Crippen molar-refractivity contribution in [3.05, 3.63) is 59.4 Å². The molecular formula is C24H29N3O2. The number of hydrogen-bond acceptors (Lipinski definition) is 3. The van der Waals surface area contributed by atoms with E-state index in [1.807, 2.05) is 29.2 Å². The van der Waals surface area contributed by atoms with Crippen LogP contribution in [0.2, 0.25) is 0 Å². The Balaban J connectivity index is 1.51. The molecule has 4 rings (SSSR count). The Hall–Kier alpha value is -2.82. The first kappa shape index (κ1) is 19.5. The zero-order valence-corrected chi connectivity index (χ0v) is 17.5. The van der Waals surface area contributed by atoms with E-state index in [0.717, 1.165) is 55.0 Å². The number of aryl methyl sites for hydroxylation is 3. The third-order valence-electron chi connectivity index (χ3n) is 5.91. The van der Waals surface area contributed by atoms with Crippen molar-refractivity contribution in [3.8, 4) is 5.75 Å². The molecule has 0 N–H and O–H groups in total. The highest BCUT2D eigenvalue weighted by atomic mass is 16.5. The lowest BCUT2D eigenvalue weighted by Crippen LogP contribution is -2.30. The molecule has 0 bridgehead atoms. The van der Waals surface area contributed by atoms with Crippen LogP contribution in [0, 0.1) is 13.8 Å². The fourth-order valence-electron chi connectivity index (χ4n) is 4.21. The molecule has 0 radical (unpaired) electrons. The van der Waals surface area contributed by atoms with E-state index in [9.17, 15) is 4.79 Å². The Bertz CT molecular complexity index is 1020. The maximum absolute atomic E-state index is 12.1. The van der Waals surface area contributed by atoms with Gasteiger partial charge in [0.2, 0.25) is 5.91 Å². The van der Waals surface area contributed by atoms with Crippen LogP contribution in [0.25, 0.3) is 11.0 Å². The molecule has 0 spiro atoms. The van der Waals surface area contributed by atoms with Gasteiger partial charge >= 0.3 is 0 Å². The molecule has 1 amide bonds. The number of ether oxygens (including phenoxy) is 1. The average molecular weight is 392 g/mol. The van der Waals surface area contributed by atoms with Crippen LogP contribution in [0.15, 0.2) is 42.5 Å². The van der Waals surface area contributed by atoms with Crippen LogP contribution < -0.4 is 4.74 Å². The maximum atomic E-state index is 12.1. The van der Waals surface area contributed by atoms with Gasteiger partial charge in [-0.2, -0.15) is 0 Å². The molecule has 1 aliphatic heterocycles. The molecule has 1 saturated heterocycles. The summed E-state index contributed by atoms with van der Waals surface area (Å²) in [6, 6.07) is 14.5. The van der Waals surface area contributed by atoms with Gasteiger partial charge in [0.15, 0.2) is 0 Å². The quantitative estimate of drug-likeness (QED) is 0.567. The van der Waals surface area contributed by atoms with Gasteiger partial charge in [-0.05, 0) is 68.5 Å². The highest BCUT2D eigenvalue weighted by molar-refractivity contribution is 5.77. The lowest BCUT2D eigenvalue weighted by molar-refractivity contribution is -0.129. The largest absolute Gasteiger partial charge is 0.494 e. The van der Waals surface area contributed by atoms with Crippen molar-refractivity contribution < 1.29 is 9.53 Å². The van der Waals surface area contributed by atoms with Crippen molar-refractivity contribution in [2.75, 3.05) is 13.2 Å². The first-order valence-corrected chi connectivity index (χ1v) is 10.5. The number of amides is 1. The predicted octanol–water partition coefficient (Wildman–Crippen LogP) is 4.81. The number of likely N-dealkylation sites (tertiary alicyclic amines) is 1. The van der Waals surface area contributed by atoms with Crippen molar-refractivity contribution in [1.29, 1.82) is 0 Å². The predicted molar refractivity (Wildman–Crippen MR) is 115 cm³/mol. The highest BCUT2D eigenvalue weighted by Gasteiger charge is 2.32. The summed E-state index contributed by atoms with van der Waals surface area (Å²) >= 11 is 0. The first-order valence-electron chi connectivity index (χ1n) is 10.5. The summed E-state index contributed by atoms with van der Waals surface area (Å²) in [5.41, 5.74) is 4.64. The molecule has 1 aliphatic rings.